The van der Waals surface area contributed by atoms with Crippen molar-refractivity contribution in [3.63, 3.8) is 0 Å². The van der Waals surface area contributed by atoms with Gasteiger partial charge in [-0.05, 0) is 75.2 Å². The van der Waals surface area contributed by atoms with Crippen LogP contribution in [0.5, 0.6) is 0 Å². The van der Waals surface area contributed by atoms with Crippen molar-refractivity contribution in [1.82, 2.24) is 0 Å². The fourth-order valence-corrected chi connectivity index (χ4v) is 1.93. The quantitative estimate of drug-likeness (QED) is 0.716. The molecule has 0 unspecified atom stereocenters. The van der Waals surface area contributed by atoms with E-state index in [1.54, 1.807) is 0 Å². The van der Waals surface area contributed by atoms with Gasteiger partial charge in [0.25, 0.3) is 0 Å². The zero-order chi connectivity index (χ0) is 12.6. The van der Waals surface area contributed by atoms with E-state index in [9.17, 15) is 0 Å². The molecule has 0 saturated heterocycles. The van der Waals surface area contributed by atoms with Gasteiger partial charge in [0.2, 0.25) is 0 Å². The summed E-state index contributed by atoms with van der Waals surface area (Å²) in [6.45, 7) is 2.24. The van der Waals surface area contributed by atoms with Crippen molar-refractivity contribution >= 4 is 0 Å². The predicted octanol–water partition coefficient (Wildman–Crippen LogP) is 4.21. The summed E-state index contributed by atoms with van der Waals surface area (Å²) in [5, 5.41) is 0. The summed E-state index contributed by atoms with van der Waals surface area (Å²) in [5.74, 6) is 1.91. The van der Waals surface area contributed by atoms with Gasteiger partial charge in [0.05, 0.1) is 0 Å². The van der Waals surface area contributed by atoms with Crippen LogP contribution in [0.2, 0.25) is 0 Å². The molecule has 96 valence electrons. The largest absolute Gasteiger partial charge is 2.00 e. The minimum absolute atomic E-state index is 0. The van der Waals surface area contributed by atoms with Crippen molar-refractivity contribution in [3.8, 4) is 0 Å². The Morgan fingerprint density at radius 1 is 0.684 bits per heavy atom. The minimum Gasteiger partial charge on any atom is -0.0622 e. The number of hydrogen-bond acceptors (Lipinski definition) is 0. The zero-order valence-corrected chi connectivity index (χ0v) is 12.1. The van der Waals surface area contributed by atoms with Crippen molar-refractivity contribution in [2.45, 2.75) is 12.8 Å². The third-order valence-corrected chi connectivity index (χ3v) is 3.04. The second-order valence-corrected chi connectivity index (χ2v) is 4.31. The van der Waals surface area contributed by atoms with Gasteiger partial charge in [0.1, 0.15) is 0 Å². The van der Waals surface area contributed by atoms with E-state index in [-0.39, 0.29) is 17.1 Å². The third kappa shape index (κ3) is 5.71. The second-order valence-electron chi connectivity index (χ2n) is 4.31. The van der Waals surface area contributed by atoms with Crippen molar-refractivity contribution < 1.29 is 17.1 Å². The van der Waals surface area contributed by atoms with E-state index in [1.807, 2.05) is 32.1 Å². The molecule has 0 aliphatic heterocycles. The molecular formula is C18H18Fe+2. The summed E-state index contributed by atoms with van der Waals surface area (Å²) in [7, 11) is 0. The SMILES string of the molecule is C[C@H]([C]1[CH][CH][CH][CH]1)c1ccccc1.[CH]1[CH][CH][CH][CH]1.[Fe+2]. The molecule has 2 saturated carbocycles. The molecule has 2 aliphatic carbocycles. The summed E-state index contributed by atoms with van der Waals surface area (Å²) in [5.41, 5.74) is 1.38. The van der Waals surface area contributed by atoms with Crippen LogP contribution in [-0.2, 0) is 17.1 Å². The Bertz CT molecular complexity index is 302. The van der Waals surface area contributed by atoms with Crippen LogP contribution >= 0.6 is 0 Å². The summed E-state index contributed by atoms with van der Waals surface area (Å²) < 4.78 is 0. The average molecular weight is 290 g/mol. The summed E-state index contributed by atoms with van der Waals surface area (Å²) in [6, 6.07) is 10.6. The first-order valence-electron chi connectivity index (χ1n) is 6.31. The van der Waals surface area contributed by atoms with Gasteiger partial charge in [0, 0.05) is 0 Å². The van der Waals surface area contributed by atoms with E-state index in [1.165, 1.54) is 11.5 Å². The van der Waals surface area contributed by atoms with Crippen LogP contribution in [0, 0.1) is 63.7 Å². The molecule has 1 atom stereocenters. The maximum Gasteiger partial charge on any atom is 2.00 e. The van der Waals surface area contributed by atoms with Crippen molar-refractivity contribution in [3.05, 3.63) is 99.6 Å². The standard InChI is InChI=1S/C13H13.C5H5.Fe/c1-11(13-9-5-6-10-13)12-7-3-2-4-8-12;1-2-4-5-3-1;/h2-11H,1H3;1-5H;/q;;+2/t11-;;/m0../s1. The molecule has 2 fully saturated rings. The molecule has 19 heavy (non-hydrogen) atoms. The van der Waals surface area contributed by atoms with E-state index < -0.39 is 0 Å². The first-order valence-corrected chi connectivity index (χ1v) is 6.31. The van der Waals surface area contributed by atoms with Gasteiger partial charge in [-0.15, -0.1) is 0 Å². The molecule has 0 aromatic heterocycles. The van der Waals surface area contributed by atoms with Gasteiger partial charge < -0.3 is 0 Å². The second kappa shape index (κ2) is 9.61. The molecule has 2 aliphatic rings. The number of hydrogen-bond donors (Lipinski definition) is 0. The fourth-order valence-electron chi connectivity index (χ4n) is 1.93. The van der Waals surface area contributed by atoms with E-state index in [4.69, 9.17) is 0 Å². The Morgan fingerprint density at radius 3 is 1.63 bits per heavy atom. The monoisotopic (exact) mass is 290 g/mol. The van der Waals surface area contributed by atoms with Crippen molar-refractivity contribution in [1.29, 1.82) is 0 Å². The molecule has 1 aromatic carbocycles. The average Bonchev–Trinajstić information content (AvgIpc) is 3.14. The van der Waals surface area contributed by atoms with Crippen LogP contribution in [0.25, 0.3) is 0 Å². The van der Waals surface area contributed by atoms with Crippen LogP contribution < -0.4 is 0 Å². The molecule has 3 rings (SSSR count). The first kappa shape index (κ1) is 16.8. The van der Waals surface area contributed by atoms with E-state index >= 15 is 0 Å². The fraction of sp³-hybridized carbons (Fsp3) is 0.111. The van der Waals surface area contributed by atoms with Gasteiger partial charge in [-0.2, -0.15) is 0 Å². The topological polar surface area (TPSA) is 0 Å². The summed E-state index contributed by atoms with van der Waals surface area (Å²) in [4.78, 5) is 0. The smallest absolute Gasteiger partial charge is 0.0622 e. The Hall–Kier alpha value is -0.261. The van der Waals surface area contributed by atoms with Crippen LogP contribution in [0.15, 0.2) is 30.3 Å². The summed E-state index contributed by atoms with van der Waals surface area (Å²) in [6.07, 6.45) is 18.5. The number of benzene rings is 1. The molecule has 0 spiro atoms. The van der Waals surface area contributed by atoms with Crippen LogP contribution in [-0.4, -0.2) is 0 Å². The zero-order valence-electron chi connectivity index (χ0n) is 11.0. The number of rotatable bonds is 2. The van der Waals surface area contributed by atoms with Gasteiger partial charge >= 0.3 is 17.1 Å². The van der Waals surface area contributed by atoms with E-state index in [0.717, 1.165) is 0 Å². The molecular weight excluding hydrogens is 272 g/mol. The molecule has 0 bridgehead atoms. The molecule has 0 amide bonds. The normalized spacial score (nSPS) is 20.3. The Labute approximate surface area is 129 Å². The van der Waals surface area contributed by atoms with Gasteiger partial charge in [-0.3, -0.25) is 0 Å². The van der Waals surface area contributed by atoms with Gasteiger partial charge in [-0.1, -0.05) is 37.3 Å². The van der Waals surface area contributed by atoms with Crippen molar-refractivity contribution in [2.24, 2.45) is 0 Å². The molecule has 0 heterocycles. The molecule has 0 nitrogen and oxygen atoms in total. The van der Waals surface area contributed by atoms with Gasteiger partial charge in [-0.25, -0.2) is 0 Å². The van der Waals surface area contributed by atoms with Crippen LogP contribution in [0.3, 0.4) is 0 Å². The maximum absolute atomic E-state index is 2.24. The Morgan fingerprint density at radius 2 is 1.16 bits per heavy atom. The molecule has 10 radical (unpaired) electrons. The van der Waals surface area contributed by atoms with Gasteiger partial charge in [0.15, 0.2) is 0 Å². The molecule has 1 aromatic rings. The van der Waals surface area contributed by atoms with E-state index in [0.29, 0.717) is 5.92 Å². The molecule has 1 heteroatoms. The van der Waals surface area contributed by atoms with Crippen LogP contribution in [0.4, 0.5) is 0 Å². The Balaban J connectivity index is 0.000000256. The van der Waals surface area contributed by atoms with Crippen molar-refractivity contribution in [2.75, 3.05) is 0 Å². The third-order valence-electron chi connectivity index (χ3n) is 3.04. The summed E-state index contributed by atoms with van der Waals surface area (Å²) >= 11 is 0. The Kier molecular flexibility index (Phi) is 8.50. The first-order chi connectivity index (χ1) is 8.88. The van der Waals surface area contributed by atoms with Crippen LogP contribution in [0.1, 0.15) is 18.4 Å². The minimum atomic E-state index is 0. The maximum atomic E-state index is 2.24. The predicted molar refractivity (Wildman–Crippen MR) is 76.8 cm³/mol. The van der Waals surface area contributed by atoms with E-state index in [2.05, 4.69) is 62.9 Å². The molecule has 0 N–H and O–H groups in total.